The summed E-state index contributed by atoms with van der Waals surface area (Å²) in [7, 11) is 0. The molecule has 0 unspecified atom stereocenters. The van der Waals surface area contributed by atoms with E-state index in [1.807, 2.05) is 32.0 Å². The minimum atomic E-state index is -0.954. The van der Waals surface area contributed by atoms with Gasteiger partial charge in [0.25, 0.3) is 0 Å². The zero-order chi connectivity index (χ0) is 13.1. The van der Waals surface area contributed by atoms with Crippen LogP contribution >= 0.6 is 11.3 Å². The van der Waals surface area contributed by atoms with E-state index in [-0.39, 0.29) is 4.88 Å². The van der Waals surface area contributed by atoms with Crippen LogP contribution in [0.2, 0.25) is 0 Å². The summed E-state index contributed by atoms with van der Waals surface area (Å²) >= 11 is 1.13. The van der Waals surface area contributed by atoms with Gasteiger partial charge in [0.05, 0.1) is 6.20 Å². The molecule has 0 radical (unpaired) electrons. The lowest BCUT2D eigenvalue weighted by atomic mass is 10.1. The number of hydrogen-bond acceptors (Lipinski definition) is 4. The molecule has 0 saturated heterocycles. The van der Waals surface area contributed by atoms with E-state index in [1.54, 1.807) is 0 Å². The Morgan fingerprint density at radius 3 is 2.78 bits per heavy atom. The van der Waals surface area contributed by atoms with E-state index in [4.69, 9.17) is 9.84 Å². The van der Waals surface area contributed by atoms with E-state index in [0.29, 0.717) is 11.6 Å². The van der Waals surface area contributed by atoms with Crippen molar-refractivity contribution in [3.05, 3.63) is 45.4 Å². The lowest BCUT2D eigenvalue weighted by molar-refractivity contribution is 0.0702. The van der Waals surface area contributed by atoms with E-state index in [0.717, 1.165) is 22.6 Å². The number of ether oxygens (including phenoxy) is 1. The maximum Gasteiger partial charge on any atom is 0.347 e. The summed E-state index contributed by atoms with van der Waals surface area (Å²) in [5.41, 5.74) is 2.38. The highest BCUT2D eigenvalue weighted by Crippen LogP contribution is 2.19. The highest BCUT2D eigenvalue weighted by Gasteiger charge is 2.08. The number of hydrogen-bond donors (Lipinski definition) is 1. The summed E-state index contributed by atoms with van der Waals surface area (Å²) in [6, 6.07) is 5.85. The van der Waals surface area contributed by atoms with Gasteiger partial charge in [0.15, 0.2) is 0 Å². The molecule has 94 valence electrons. The fourth-order valence-corrected chi connectivity index (χ4v) is 2.09. The van der Waals surface area contributed by atoms with E-state index in [9.17, 15) is 4.79 Å². The minimum Gasteiger partial charge on any atom is -0.486 e. The summed E-state index contributed by atoms with van der Waals surface area (Å²) in [5, 5.41) is 9.44. The Labute approximate surface area is 109 Å². The first-order chi connectivity index (χ1) is 8.56. The molecule has 2 aromatic rings. The Morgan fingerprint density at radius 1 is 1.39 bits per heavy atom. The van der Waals surface area contributed by atoms with Gasteiger partial charge < -0.3 is 9.84 Å². The van der Waals surface area contributed by atoms with Crippen LogP contribution in [-0.2, 0) is 6.61 Å². The number of carboxylic acids is 1. The third kappa shape index (κ3) is 2.87. The van der Waals surface area contributed by atoms with Crippen molar-refractivity contribution < 1.29 is 14.6 Å². The molecule has 1 aromatic heterocycles. The molecular formula is C13H13NO3S. The molecule has 0 saturated carbocycles. The lowest BCUT2D eigenvalue weighted by Gasteiger charge is -2.06. The molecule has 5 heteroatoms. The first-order valence-electron chi connectivity index (χ1n) is 5.44. The second-order valence-corrected chi connectivity index (χ2v) is 5.07. The number of aryl methyl sites for hydroxylation is 2. The molecule has 18 heavy (non-hydrogen) atoms. The maximum absolute atomic E-state index is 10.7. The first-order valence-corrected chi connectivity index (χ1v) is 6.26. The molecule has 4 nitrogen and oxygen atoms in total. The smallest absolute Gasteiger partial charge is 0.347 e. The van der Waals surface area contributed by atoms with Crippen LogP contribution in [0.3, 0.4) is 0 Å². The van der Waals surface area contributed by atoms with Gasteiger partial charge in [-0.2, -0.15) is 0 Å². The number of carbonyl (C=O) groups is 1. The molecular weight excluding hydrogens is 250 g/mol. The van der Waals surface area contributed by atoms with Crippen molar-refractivity contribution in [3.8, 4) is 5.75 Å². The van der Waals surface area contributed by atoms with Gasteiger partial charge in [-0.25, -0.2) is 9.78 Å². The molecule has 0 atom stereocenters. The van der Waals surface area contributed by atoms with Gasteiger partial charge in [0, 0.05) is 0 Å². The first kappa shape index (κ1) is 12.6. The van der Waals surface area contributed by atoms with Crippen molar-refractivity contribution in [2.45, 2.75) is 20.5 Å². The Balaban J connectivity index is 2.02. The second kappa shape index (κ2) is 5.18. The fourth-order valence-electron chi connectivity index (χ4n) is 1.42. The zero-order valence-corrected chi connectivity index (χ0v) is 11.0. The molecule has 0 fully saturated rings. The summed E-state index contributed by atoms with van der Waals surface area (Å²) in [4.78, 5) is 14.9. The van der Waals surface area contributed by atoms with Crippen LogP contribution in [0.5, 0.6) is 5.75 Å². The summed E-state index contributed by atoms with van der Waals surface area (Å²) in [6.07, 6.45) is 1.35. The molecule has 0 bridgehead atoms. The standard InChI is InChI=1S/C13H13NO3S/c1-8-3-4-10(5-9(8)2)17-7-12-14-6-11(18-12)13(15)16/h3-6H,7H2,1-2H3,(H,15,16). The van der Waals surface area contributed by atoms with Gasteiger partial charge in [0.2, 0.25) is 0 Å². The topological polar surface area (TPSA) is 59.4 Å². The number of carboxylic acid groups (broad SMARTS) is 1. The van der Waals surface area contributed by atoms with Crippen LogP contribution in [0.1, 0.15) is 25.8 Å². The van der Waals surface area contributed by atoms with Crippen molar-refractivity contribution in [3.63, 3.8) is 0 Å². The molecule has 1 heterocycles. The molecule has 0 amide bonds. The SMILES string of the molecule is Cc1ccc(OCc2ncc(C(=O)O)s2)cc1C. The average molecular weight is 263 g/mol. The molecule has 0 spiro atoms. The lowest BCUT2D eigenvalue weighted by Crippen LogP contribution is -1.95. The Kier molecular flexibility index (Phi) is 3.62. The quantitative estimate of drug-likeness (QED) is 0.921. The van der Waals surface area contributed by atoms with Gasteiger partial charge in [-0.3, -0.25) is 0 Å². The number of nitrogens with zero attached hydrogens (tertiary/aromatic N) is 1. The van der Waals surface area contributed by atoms with E-state index in [2.05, 4.69) is 4.98 Å². The highest BCUT2D eigenvalue weighted by molar-refractivity contribution is 7.13. The maximum atomic E-state index is 10.7. The monoisotopic (exact) mass is 263 g/mol. The van der Waals surface area contributed by atoms with Crippen molar-refractivity contribution >= 4 is 17.3 Å². The summed E-state index contributed by atoms with van der Waals surface area (Å²) in [5.74, 6) is -0.185. The van der Waals surface area contributed by atoms with Gasteiger partial charge in [-0.05, 0) is 37.1 Å². The van der Waals surface area contributed by atoms with E-state index < -0.39 is 5.97 Å². The largest absolute Gasteiger partial charge is 0.486 e. The van der Waals surface area contributed by atoms with Crippen LogP contribution in [-0.4, -0.2) is 16.1 Å². The molecule has 0 aliphatic heterocycles. The van der Waals surface area contributed by atoms with Crippen molar-refractivity contribution in [2.24, 2.45) is 0 Å². The van der Waals surface area contributed by atoms with Crippen molar-refractivity contribution in [2.75, 3.05) is 0 Å². The van der Waals surface area contributed by atoms with Crippen LogP contribution in [0, 0.1) is 13.8 Å². The molecule has 1 N–H and O–H groups in total. The van der Waals surface area contributed by atoms with Crippen molar-refractivity contribution in [1.82, 2.24) is 4.98 Å². The highest BCUT2D eigenvalue weighted by atomic mass is 32.1. The average Bonchev–Trinajstić information content (AvgIpc) is 2.79. The number of thiazole rings is 1. The second-order valence-electron chi connectivity index (χ2n) is 3.96. The predicted octanol–water partition coefficient (Wildman–Crippen LogP) is 3.04. The number of aromatic carboxylic acids is 1. The summed E-state index contributed by atoms with van der Waals surface area (Å²) in [6.45, 7) is 4.35. The van der Waals surface area contributed by atoms with E-state index >= 15 is 0 Å². The Hall–Kier alpha value is -1.88. The Morgan fingerprint density at radius 2 is 2.17 bits per heavy atom. The third-order valence-electron chi connectivity index (χ3n) is 2.61. The molecule has 1 aromatic carbocycles. The van der Waals surface area contributed by atoms with Gasteiger partial charge in [-0.1, -0.05) is 6.07 Å². The van der Waals surface area contributed by atoms with Crippen LogP contribution < -0.4 is 4.74 Å². The van der Waals surface area contributed by atoms with Crippen LogP contribution in [0.15, 0.2) is 24.4 Å². The molecule has 2 rings (SSSR count). The normalized spacial score (nSPS) is 10.3. The minimum absolute atomic E-state index is 0.230. The van der Waals surface area contributed by atoms with Gasteiger partial charge in [-0.15, -0.1) is 11.3 Å². The van der Waals surface area contributed by atoms with E-state index in [1.165, 1.54) is 11.8 Å². The zero-order valence-electron chi connectivity index (χ0n) is 10.1. The number of rotatable bonds is 4. The van der Waals surface area contributed by atoms with Crippen molar-refractivity contribution in [1.29, 1.82) is 0 Å². The predicted molar refractivity (Wildman–Crippen MR) is 69.3 cm³/mol. The number of aromatic nitrogens is 1. The molecule has 0 aliphatic carbocycles. The molecule has 0 aliphatic rings. The van der Waals surface area contributed by atoms with Crippen LogP contribution in [0.4, 0.5) is 0 Å². The van der Waals surface area contributed by atoms with Crippen LogP contribution in [0.25, 0.3) is 0 Å². The summed E-state index contributed by atoms with van der Waals surface area (Å²) < 4.78 is 5.58. The van der Waals surface area contributed by atoms with Gasteiger partial charge in [0.1, 0.15) is 22.2 Å². The van der Waals surface area contributed by atoms with Gasteiger partial charge >= 0.3 is 5.97 Å². The fraction of sp³-hybridized carbons (Fsp3) is 0.231. The third-order valence-corrected chi connectivity index (χ3v) is 3.56. The Bertz CT molecular complexity index is 577. The number of benzene rings is 1.